The van der Waals surface area contributed by atoms with E-state index in [4.69, 9.17) is 19.9 Å². The molecule has 0 atom stereocenters. The van der Waals surface area contributed by atoms with Gasteiger partial charge in [0.25, 0.3) is 0 Å². The maximum atomic E-state index is 15.0. The first-order chi connectivity index (χ1) is 43.7. The number of esters is 1. The van der Waals surface area contributed by atoms with Crippen LogP contribution < -0.4 is 14.5 Å². The zero-order chi connectivity index (χ0) is 62.7. The Labute approximate surface area is 521 Å². The number of allylic oxidation sites excluding steroid dienone is 2. The van der Waals surface area contributed by atoms with Gasteiger partial charge < -0.3 is 19.0 Å². The fourth-order valence-corrected chi connectivity index (χ4v) is 12.2. The van der Waals surface area contributed by atoms with Crippen LogP contribution in [0.3, 0.4) is 0 Å². The number of benzene rings is 9. The summed E-state index contributed by atoms with van der Waals surface area (Å²) < 4.78 is 51.0. The van der Waals surface area contributed by atoms with Gasteiger partial charge in [-0.15, -0.1) is 10.2 Å². The fraction of sp³-hybridized carbons (Fsp3) is 0.120. The van der Waals surface area contributed by atoms with Crippen LogP contribution >= 0.6 is 0 Å². The van der Waals surface area contributed by atoms with Gasteiger partial charge in [0, 0.05) is 68.6 Å². The molecule has 1 aliphatic rings. The molecule has 440 valence electrons. The van der Waals surface area contributed by atoms with Crippen molar-refractivity contribution in [2.24, 2.45) is 4.99 Å². The van der Waals surface area contributed by atoms with Gasteiger partial charge >= 0.3 is 13.4 Å². The van der Waals surface area contributed by atoms with Crippen molar-refractivity contribution in [3.05, 3.63) is 280 Å². The number of fused-ring (bicyclic) bond motifs is 1. The maximum Gasteiger partial charge on any atom is 0.677 e. The molecular formula is C75H59BF3N9O2. The monoisotopic (exact) mass is 1190 g/mol. The van der Waals surface area contributed by atoms with E-state index in [9.17, 15) is 28.3 Å². The minimum atomic E-state index is -2.97. The number of ether oxygens (including phenoxy) is 1. The number of nitrogens with zero attached hydrogens (tertiary/aromatic N) is 9. The molecule has 90 heavy (non-hydrogen) atoms. The SMILES string of the molecule is CC1=N/C(=C(/c2c(C)cc(OC(=O)CCCc3ccc(N(c4ccccc4)c4ccc(-c5ccc(-c6ccc(N(c7ccccc7)c7ccccc7)cc6)c6nn(-c7ccc(F)cc7)nc56)cc4)cc3)cc2C)c2c(C)c(C#N)c(C)n2B(F)F)C(C)=C1C#N. The molecule has 0 aliphatic carbocycles. The summed E-state index contributed by atoms with van der Waals surface area (Å²) in [4.78, 5) is 24.2. The molecule has 15 heteroatoms. The summed E-state index contributed by atoms with van der Waals surface area (Å²) in [5.41, 5.74) is 17.3. The molecule has 0 saturated heterocycles. The second kappa shape index (κ2) is 25.2. The van der Waals surface area contributed by atoms with Crippen molar-refractivity contribution >= 4 is 69.8 Å². The lowest BCUT2D eigenvalue weighted by molar-refractivity contribution is -0.134. The second-order valence-corrected chi connectivity index (χ2v) is 22.2. The quantitative estimate of drug-likeness (QED) is 0.0501. The van der Waals surface area contributed by atoms with Crippen LogP contribution in [-0.4, -0.2) is 38.6 Å². The highest BCUT2D eigenvalue weighted by molar-refractivity contribution is 6.42. The third-order valence-corrected chi connectivity index (χ3v) is 16.5. The van der Waals surface area contributed by atoms with Gasteiger partial charge in [-0.05, 0) is 208 Å². The van der Waals surface area contributed by atoms with Crippen molar-refractivity contribution in [2.45, 2.75) is 60.8 Å². The Morgan fingerprint density at radius 3 is 1.50 bits per heavy atom. The smallest absolute Gasteiger partial charge is 0.427 e. The van der Waals surface area contributed by atoms with Gasteiger partial charge in [-0.3, -0.25) is 18.4 Å². The summed E-state index contributed by atoms with van der Waals surface area (Å²) in [5.74, 6) is -0.463. The molecule has 2 aromatic heterocycles. The van der Waals surface area contributed by atoms with Crippen LogP contribution in [0, 0.1) is 56.2 Å². The lowest BCUT2D eigenvalue weighted by atomic mass is 9.88. The van der Waals surface area contributed by atoms with Gasteiger partial charge in [0.05, 0.1) is 28.2 Å². The van der Waals surface area contributed by atoms with Gasteiger partial charge in [0.2, 0.25) is 0 Å². The van der Waals surface area contributed by atoms with Gasteiger partial charge in [0.15, 0.2) is 0 Å². The third-order valence-electron chi connectivity index (χ3n) is 16.5. The van der Waals surface area contributed by atoms with Crippen molar-refractivity contribution in [1.82, 2.24) is 19.5 Å². The lowest BCUT2D eigenvalue weighted by Gasteiger charge is -2.26. The first kappa shape index (κ1) is 59.1. The van der Waals surface area contributed by atoms with Crippen LogP contribution in [0.25, 0.3) is 44.5 Å². The van der Waals surface area contributed by atoms with Crippen LogP contribution in [0.2, 0.25) is 0 Å². The number of aromatic nitrogens is 4. The van der Waals surface area contributed by atoms with Crippen molar-refractivity contribution in [2.75, 3.05) is 9.80 Å². The van der Waals surface area contributed by atoms with E-state index in [1.165, 1.54) is 19.1 Å². The number of aliphatic imine (C=N–C) groups is 1. The topological polar surface area (TPSA) is 128 Å². The molecule has 0 spiro atoms. The molecule has 0 fully saturated rings. The lowest BCUT2D eigenvalue weighted by Crippen LogP contribution is -2.19. The molecule has 0 saturated carbocycles. The molecule has 11 nitrogen and oxygen atoms in total. The molecule has 12 rings (SSSR count). The zero-order valence-corrected chi connectivity index (χ0v) is 50.4. The molecule has 11 aromatic rings. The average Bonchev–Trinajstić information content (AvgIpc) is 1.58. The largest absolute Gasteiger partial charge is 0.677 e. The summed E-state index contributed by atoms with van der Waals surface area (Å²) >= 11 is 0. The average molecular weight is 1190 g/mol. The first-order valence-electron chi connectivity index (χ1n) is 29.5. The molecule has 1 aliphatic heterocycles. The second-order valence-electron chi connectivity index (χ2n) is 22.2. The minimum absolute atomic E-state index is 0.123. The summed E-state index contributed by atoms with van der Waals surface area (Å²) in [6.45, 7) is 10.2. The van der Waals surface area contributed by atoms with E-state index in [0.717, 1.165) is 66.4 Å². The van der Waals surface area contributed by atoms with Crippen molar-refractivity contribution < 1.29 is 22.6 Å². The van der Waals surface area contributed by atoms with E-state index in [1.807, 2.05) is 68.4 Å². The van der Waals surface area contributed by atoms with Gasteiger partial charge in [-0.1, -0.05) is 103 Å². The minimum Gasteiger partial charge on any atom is -0.427 e. The van der Waals surface area contributed by atoms with Gasteiger partial charge in [0.1, 0.15) is 34.7 Å². The van der Waals surface area contributed by atoms with Crippen molar-refractivity contribution in [1.29, 1.82) is 10.5 Å². The Balaban J connectivity index is 0.774. The first-order valence-corrected chi connectivity index (χ1v) is 29.5. The third kappa shape index (κ3) is 11.5. The van der Waals surface area contributed by atoms with E-state index in [-0.39, 0.29) is 29.2 Å². The summed E-state index contributed by atoms with van der Waals surface area (Å²) in [6.07, 6.45) is 1.27. The van der Waals surface area contributed by atoms with Gasteiger partial charge in [-0.25, -0.2) is 4.39 Å². The highest BCUT2D eigenvalue weighted by Crippen LogP contribution is 2.44. The summed E-state index contributed by atoms with van der Waals surface area (Å²) in [5, 5.41) is 30.2. The number of anilines is 6. The molecule has 0 bridgehead atoms. The van der Waals surface area contributed by atoms with Crippen LogP contribution in [0.5, 0.6) is 5.75 Å². The van der Waals surface area contributed by atoms with E-state index in [2.05, 4.69) is 143 Å². The predicted molar refractivity (Wildman–Crippen MR) is 353 cm³/mol. The van der Waals surface area contributed by atoms with E-state index < -0.39 is 13.4 Å². The number of hydrogen-bond donors (Lipinski definition) is 0. The Kier molecular flexibility index (Phi) is 16.5. The van der Waals surface area contributed by atoms with Crippen LogP contribution in [0.4, 0.5) is 47.1 Å². The fourth-order valence-electron chi connectivity index (χ4n) is 12.2. The molecule has 9 aromatic carbocycles. The number of hydrogen-bond acceptors (Lipinski definition) is 9. The normalized spacial score (nSPS) is 12.6. The van der Waals surface area contributed by atoms with Crippen molar-refractivity contribution in [3.63, 3.8) is 0 Å². The number of rotatable bonds is 17. The molecule has 3 heterocycles. The van der Waals surface area contributed by atoms with Crippen LogP contribution in [0.15, 0.2) is 234 Å². The number of carbonyl (C=O) groups excluding carboxylic acids is 1. The molecule has 0 radical (unpaired) electrons. The number of nitriles is 2. The molecule has 0 unspecified atom stereocenters. The molecule has 0 amide bonds. The standard InChI is InChI=1S/C75H59BF3N9O2/c1-47-43-64(44-48(2)70(47)71(72-49(3)67(45-80)51(5)82-72)75-50(4)68(46-81)52(6)87(75)76(78)79)90-69(89)24-16-17-53-25-33-60(34-26-53)86(59-22-14-9-15-23-59)62-37-29-55(30-38-62)66-42-41-65(73-74(66)84-88(83-73)63-39-31-56(77)32-40-63)54-27-35-61(36-28-54)85(57-18-10-7-11-19-57)58-20-12-8-13-21-58/h7-15,18-23,25-44H,16-17,24H2,1-6H3/b72-71-. The Hall–Kier alpha value is -11.3. The van der Waals surface area contributed by atoms with Crippen LogP contribution in [0.1, 0.15) is 71.5 Å². The highest BCUT2D eigenvalue weighted by atomic mass is 19.2. The maximum absolute atomic E-state index is 15.0. The van der Waals surface area contributed by atoms with Gasteiger partial charge in [-0.2, -0.15) is 15.3 Å². The Bertz CT molecular complexity index is 4660. The number of carbonyl (C=O) groups is 1. The van der Waals surface area contributed by atoms with E-state index >= 15 is 0 Å². The number of para-hydroxylation sites is 3. The predicted octanol–water partition coefficient (Wildman–Crippen LogP) is 18.5. The highest BCUT2D eigenvalue weighted by Gasteiger charge is 2.34. The Morgan fingerprint density at radius 2 is 1.06 bits per heavy atom. The Morgan fingerprint density at radius 1 is 0.589 bits per heavy atom. The number of halogens is 3. The number of aryl methyl sites for hydroxylation is 3. The van der Waals surface area contributed by atoms with Crippen LogP contribution in [-0.2, 0) is 11.2 Å². The summed E-state index contributed by atoms with van der Waals surface area (Å²) in [6, 6.07) is 73.8. The van der Waals surface area contributed by atoms with E-state index in [0.29, 0.717) is 85.7 Å². The molecular weight excluding hydrogens is 1130 g/mol. The zero-order valence-electron chi connectivity index (χ0n) is 50.4. The van der Waals surface area contributed by atoms with Crippen molar-refractivity contribution in [3.8, 4) is 45.8 Å². The molecule has 0 N–H and O–H groups in total. The van der Waals surface area contributed by atoms with E-state index in [1.54, 1.807) is 49.8 Å². The summed E-state index contributed by atoms with van der Waals surface area (Å²) in [7, 11) is -2.97.